The van der Waals surface area contributed by atoms with E-state index in [0.29, 0.717) is 5.56 Å². The predicted molar refractivity (Wildman–Crippen MR) is 65.2 cm³/mol. The highest BCUT2D eigenvalue weighted by atomic mass is 16.4. The van der Waals surface area contributed by atoms with Gasteiger partial charge in [0.05, 0.1) is 11.3 Å². The average molecular weight is 234 g/mol. The van der Waals surface area contributed by atoms with Crippen molar-refractivity contribution < 1.29 is 9.90 Å². The molecular formula is C13H18N2O2. The highest BCUT2D eigenvalue weighted by Gasteiger charge is 2.19. The third-order valence-electron chi connectivity index (χ3n) is 3.16. The van der Waals surface area contributed by atoms with Gasteiger partial charge in [0.2, 0.25) is 0 Å². The van der Waals surface area contributed by atoms with E-state index in [0.717, 1.165) is 49.3 Å². The molecule has 2 rings (SSSR count). The maximum Gasteiger partial charge on any atom is 0.337 e. The molecule has 0 unspecified atom stereocenters. The van der Waals surface area contributed by atoms with Gasteiger partial charge in [-0.2, -0.15) is 0 Å². The first-order chi connectivity index (χ1) is 8.11. The topological polar surface area (TPSA) is 53.4 Å². The van der Waals surface area contributed by atoms with Crippen molar-refractivity contribution in [1.82, 2.24) is 9.88 Å². The van der Waals surface area contributed by atoms with Crippen LogP contribution in [0.1, 0.15) is 40.7 Å². The molecule has 4 heteroatoms. The average Bonchev–Trinajstić information content (AvgIpc) is 2.28. The standard InChI is InChI=1S/C13H18N2O2/c1-3-4-12-10(13(16)17)7-9-8-15(2)6-5-11(9)14-12/h7H,3-6,8H2,1-2H3,(H,16,17). The zero-order valence-electron chi connectivity index (χ0n) is 10.4. The molecule has 0 fully saturated rings. The molecular weight excluding hydrogens is 216 g/mol. The third kappa shape index (κ3) is 2.47. The second-order valence-corrected chi connectivity index (χ2v) is 4.63. The van der Waals surface area contributed by atoms with Crippen LogP contribution in [-0.4, -0.2) is 34.6 Å². The number of carbonyl (C=O) groups is 1. The number of carboxylic acids is 1. The lowest BCUT2D eigenvalue weighted by molar-refractivity contribution is 0.0694. The maximum atomic E-state index is 11.2. The predicted octanol–water partition coefficient (Wildman–Crippen LogP) is 1.72. The smallest absolute Gasteiger partial charge is 0.337 e. The number of fused-ring (bicyclic) bond motifs is 1. The minimum Gasteiger partial charge on any atom is -0.478 e. The lowest BCUT2D eigenvalue weighted by atomic mass is 10.0. The highest BCUT2D eigenvalue weighted by molar-refractivity contribution is 5.89. The van der Waals surface area contributed by atoms with E-state index in [1.165, 1.54) is 0 Å². The van der Waals surface area contributed by atoms with Gasteiger partial charge in [0, 0.05) is 25.2 Å². The number of pyridine rings is 1. The molecule has 0 atom stereocenters. The van der Waals surface area contributed by atoms with Gasteiger partial charge in [0.15, 0.2) is 0 Å². The summed E-state index contributed by atoms with van der Waals surface area (Å²) >= 11 is 0. The van der Waals surface area contributed by atoms with E-state index in [-0.39, 0.29) is 0 Å². The van der Waals surface area contributed by atoms with E-state index in [1.807, 2.05) is 20.0 Å². The zero-order chi connectivity index (χ0) is 12.4. The minimum absolute atomic E-state index is 0.376. The molecule has 0 aliphatic carbocycles. The monoisotopic (exact) mass is 234 g/mol. The maximum absolute atomic E-state index is 11.2. The highest BCUT2D eigenvalue weighted by Crippen LogP contribution is 2.20. The van der Waals surface area contributed by atoms with Crippen LogP contribution in [-0.2, 0) is 19.4 Å². The van der Waals surface area contributed by atoms with Gasteiger partial charge >= 0.3 is 5.97 Å². The van der Waals surface area contributed by atoms with Crippen molar-refractivity contribution in [3.05, 3.63) is 28.6 Å². The Morgan fingerprint density at radius 1 is 1.59 bits per heavy atom. The zero-order valence-corrected chi connectivity index (χ0v) is 10.4. The summed E-state index contributed by atoms with van der Waals surface area (Å²) in [5, 5.41) is 9.21. The first kappa shape index (κ1) is 12.0. The number of likely N-dealkylation sites (N-methyl/N-ethyl adjacent to an activating group) is 1. The number of aromatic nitrogens is 1. The van der Waals surface area contributed by atoms with Gasteiger partial charge in [-0.25, -0.2) is 4.79 Å². The molecule has 17 heavy (non-hydrogen) atoms. The molecule has 0 amide bonds. The van der Waals surface area contributed by atoms with Gasteiger partial charge in [0.25, 0.3) is 0 Å². The number of hydrogen-bond donors (Lipinski definition) is 1. The van der Waals surface area contributed by atoms with Gasteiger partial charge in [-0.1, -0.05) is 13.3 Å². The summed E-state index contributed by atoms with van der Waals surface area (Å²) in [6.45, 7) is 3.84. The Kier molecular flexibility index (Phi) is 3.43. The van der Waals surface area contributed by atoms with Crippen LogP contribution in [0.5, 0.6) is 0 Å². The molecule has 0 saturated heterocycles. The summed E-state index contributed by atoms with van der Waals surface area (Å²) in [5.41, 5.74) is 3.26. The van der Waals surface area contributed by atoms with Crippen molar-refractivity contribution in [1.29, 1.82) is 0 Å². The molecule has 4 nitrogen and oxygen atoms in total. The van der Waals surface area contributed by atoms with Crippen LogP contribution in [0.15, 0.2) is 6.07 Å². The lowest BCUT2D eigenvalue weighted by Gasteiger charge is -2.25. The van der Waals surface area contributed by atoms with Crippen molar-refractivity contribution in [2.45, 2.75) is 32.7 Å². The van der Waals surface area contributed by atoms with Crippen LogP contribution in [0.2, 0.25) is 0 Å². The number of hydrogen-bond acceptors (Lipinski definition) is 3. The fourth-order valence-corrected chi connectivity index (χ4v) is 2.27. The largest absolute Gasteiger partial charge is 0.478 e. The fraction of sp³-hybridized carbons (Fsp3) is 0.538. The van der Waals surface area contributed by atoms with E-state index >= 15 is 0 Å². The van der Waals surface area contributed by atoms with E-state index in [1.54, 1.807) is 0 Å². The van der Waals surface area contributed by atoms with Crippen molar-refractivity contribution in [3.8, 4) is 0 Å². The van der Waals surface area contributed by atoms with Crippen LogP contribution in [0, 0.1) is 0 Å². The minimum atomic E-state index is -0.864. The molecule has 1 aromatic heterocycles. The number of rotatable bonds is 3. The van der Waals surface area contributed by atoms with Gasteiger partial charge in [0.1, 0.15) is 0 Å². The number of nitrogens with zero attached hydrogens (tertiary/aromatic N) is 2. The molecule has 92 valence electrons. The summed E-state index contributed by atoms with van der Waals surface area (Å²) in [6.07, 6.45) is 2.58. The Bertz CT molecular complexity index is 443. The number of aromatic carboxylic acids is 1. The first-order valence-corrected chi connectivity index (χ1v) is 6.05. The van der Waals surface area contributed by atoms with Crippen molar-refractivity contribution in [3.63, 3.8) is 0 Å². The Balaban J connectivity index is 2.44. The Morgan fingerprint density at radius 3 is 3.00 bits per heavy atom. The van der Waals surface area contributed by atoms with Crippen LogP contribution >= 0.6 is 0 Å². The van der Waals surface area contributed by atoms with E-state index in [4.69, 9.17) is 0 Å². The normalized spacial score (nSPS) is 15.6. The summed E-state index contributed by atoms with van der Waals surface area (Å²) in [5.74, 6) is -0.864. The Hall–Kier alpha value is -1.42. The number of carboxylic acid groups (broad SMARTS) is 1. The van der Waals surface area contributed by atoms with Gasteiger partial charge in [-0.15, -0.1) is 0 Å². The van der Waals surface area contributed by atoms with E-state index in [9.17, 15) is 9.90 Å². The molecule has 0 radical (unpaired) electrons. The van der Waals surface area contributed by atoms with Gasteiger partial charge in [-0.05, 0) is 25.1 Å². The van der Waals surface area contributed by atoms with Crippen molar-refractivity contribution >= 4 is 5.97 Å². The van der Waals surface area contributed by atoms with Crippen LogP contribution < -0.4 is 0 Å². The number of aryl methyl sites for hydroxylation is 1. The molecule has 1 aliphatic rings. The molecule has 0 spiro atoms. The molecule has 2 heterocycles. The summed E-state index contributed by atoms with van der Waals surface area (Å²) in [7, 11) is 2.04. The summed E-state index contributed by atoms with van der Waals surface area (Å²) in [6, 6.07) is 1.81. The lowest BCUT2D eigenvalue weighted by Crippen LogP contribution is -2.28. The quantitative estimate of drug-likeness (QED) is 0.865. The Morgan fingerprint density at radius 2 is 2.35 bits per heavy atom. The molecule has 1 aromatic rings. The molecule has 1 aliphatic heterocycles. The van der Waals surface area contributed by atoms with Crippen LogP contribution in [0.3, 0.4) is 0 Å². The second-order valence-electron chi connectivity index (χ2n) is 4.63. The molecule has 1 N–H and O–H groups in total. The van der Waals surface area contributed by atoms with Crippen LogP contribution in [0.25, 0.3) is 0 Å². The third-order valence-corrected chi connectivity index (χ3v) is 3.16. The molecule has 0 aromatic carbocycles. The Labute approximate surface area is 101 Å². The van der Waals surface area contributed by atoms with Gasteiger partial charge < -0.3 is 10.0 Å². The van der Waals surface area contributed by atoms with Gasteiger partial charge in [-0.3, -0.25) is 4.98 Å². The van der Waals surface area contributed by atoms with Crippen LogP contribution in [0.4, 0.5) is 0 Å². The molecule has 0 bridgehead atoms. The van der Waals surface area contributed by atoms with E-state index < -0.39 is 5.97 Å². The second kappa shape index (κ2) is 4.84. The fourth-order valence-electron chi connectivity index (χ4n) is 2.27. The molecule has 0 saturated carbocycles. The summed E-state index contributed by atoms with van der Waals surface area (Å²) in [4.78, 5) is 18.0. The van der Waals surface area contributed by atoms with Crippen molar-refractivity contribution in [2.75, 3.05) is 13.6 Å². The SMILES string of the molecule is CCCc1nc2c(cc1C(=O)O)CN(C)CC2. The van der Waals surface area contributed by atoms with Crippen molar-refractivity contribution in [2.24, 2.45) is 0 Å². The summed E-state index contributed by atoms with van der Waals surface area (Å²) < 4.78 is 0. The first-order valence-electron chi connectivity index (χ1n) is 6.05. The van der Waals surface area contributed by atoms with E-state index in [2.05, 4.69) is 9.88 Å².